The Morgan fingerprint density at radius 3 is 3.05 bits per heavy atom. The van der Waals surface area contributed by atoms with E-state index in [1.54, 1.807) is 11.3 Å². The van der Waals surface area contributed by atoms with Crippen molar-refractivity contribution in [3.05, 3.63) is 41.7 Å². The highest BCUT2D eigenvalue weighted by molar-refractivity contribution is 7.17. The highest BCUT2D eigenvalue weighted by Gasteiger charge is 2.11. The topological polar surface area (TPSA) is 58.0 Å². The van der Waals surface area contributed by atoms with Crippen LogP contribution in [0.3, 0.4) is 0 Å². The van der Waals surface area contributed by atoms with Crippen LogP contribution in [0, 0.1) is 5.82 Å². The lowest BCUT2D eigenvalue weighted by atomic mass is 10.1. The summed E-state index contributed by atoms with van der Waals surface area (Å²) in [7, 11) is 0. The lowest BCUT2D eigenvalue weighted by molar-refractivity contribution is 0.310. The molecule has 0 aliphatic carbocycles. The maximum absolute atomic E-state index is 13.6. The highest BCUT2D eigenvalue weighted by atomic mass is 32.1. The van der Waals surface area contributed by atoms with Gasteiger partial charge in [0.1, 0.15) is 0 Å². The molecule has 0 atom stereocenters. The zero-order valence-corrected chi connectivity index (χ0v) is 11.3. The van der Waals surface area contributed by atoms with Crippen LogP contribution in [0.25, 0.3) is 21.5 Å². The molecule has 0 aliphatic rings. The Bertz CT molecular complexity index is 744. The quantitative estimate of drug-likeness (QED) is 0.775. The summed E-state index contributed by atoms with van der Waals surface area (Å²) in [4.78, 5) is 8.27. The summed E-state index contributed by atoms with van der Waals surface area (Å²) >= 11 is 1.60. The van der Waals surface area contributed by atoms with Gasteiger partial charge in [0.15, 0.2) is 17.5 Å². The van der Waals surface area contributed by atoms with Gasteiger partial charge in [-0.25, -0.2) is 14.4 Å². The molecule has 3 aromatic rings. The van der Waals surface area contributed by atoms with E-state index >= 15 is 0 Å². The van der Waals surface area contributed by atoms with E-state index in [-0.39, 0.29) is 19.0 Å². The van der Waals surface area contributed by atoms with Crippen LogP contribution in [0.4, 0.5) is 10.2 Å². The number of aromatic nitrogens is 2. The summed E-state index contributed by atoms with van der Waals surface area (Å²) in [5.74, 6) is 0.0538. The number of fused-ring (bicyclic) bond motifs is 1. The van der Waals surface area contributed by atoms with Crippen molar-refractivity contribution in [2.45, 2.75) is 0 Å². The summed E-state index contributed by atoms with van der Waals surface area (Å²) < 4.78 is 14.7. The fourth-order valence-corrected chi connectivity index (χ4v) is 2.87. The van der Waals surface area contributed by atoms with Crippen molar-refractivity contribution in [1.29, 1.82) is 0 Å². The van der Waals surface area contributed by atoms with Crippen molar-refractivity contribution >= 4 is 27.2 Å². The molecule has 20 heavy (non-hydrogen) atoms. The Morgan fingerprint density at radius 1 is 1.30 bits per heavy atom. The molecule has 2 aromatic heterocycles. The van der Waals surface area contributed by atoms with Gasteiger partial charge < -0.3 is 10.4 Å². The van der Waals surface area contributed by atoms with Gasteiger partial charge in [-0.2, -0.15) is 0 Å². The average Bonchev–Trinajstić information content (AvgIpc) is 2.95. The van der Waals surface area contributed by atoms with Gasteiger partial charge in [0.2, 0.25) is 0 Å². The van der Waals surface area contributed by atoms with E-state index < -0.39 is 5.82 Å². The van der Waals surface area contributed by atoms with Crippen molar-refractivity contribution in [2.24, 2.45) is 0 Å². The first-order valence-electron chi connectivity index (χ1n) is 6.13. The van der Waals surface area contributed by atoms with E-state index in [0.717, 1.165) is 21.8 Å². The standard InChI is InChI=1S/C14H12FN3OS/c15-11-8-17-13(18-14(11)16-5-6-19)10-3-1-2-9-4-7-20-12(9)10/h1-4,7-8,19H,5-6H2,(H,16,17,18). The predicted molar refractivity (Wildman–Crippen MR) is 78.4 cm³/mol. The van der Waals surface area contributed by atoms with Crippen LogP contribution in [0.2, 0.25) is 0 Å². The van der Waals surface area contributed by atoms with Crippen molar-refractivity contribution in [3.63, 3.8) is 0 Å². The number of aliphatic hydroxyl groups is 1. The molecule has 0 saturated heterocycles. The van der Waals surface area contributed by atoms with Crippen molar-refractivity contribution < 1.29 is 9.50 Å². The number of anilines is 1. The fourth-order valence-electron chi connectivity index (χ4n) is 1.96. The second-order valence-corrected chi connectivity index (χ2v) is 5.10. The Labute approximate surface area is 118 Å². The lowest BCUT2D eigenvalue weighted by Crippen LogP contribution is -2.09. The van der Waals surface area contributed by atoms with E-state index in [1.807, 2.05) is 29.6 Å². The molecule has 0 saturated carbocycles. The van der Waals surface area contributed by atoms with Crippen LogP contribution in [-0.2, 0) is 0 Å². The first kappa shape index (κ1) is 13.0. The SMILES string of the molecule is OCCNc1nc(-c2cccc3ccsc23)ncc1F. The molecule has 0 spiro atoms. The van der Waals surface area contributed by atoms with Gasteiger partial charge in [-0.15, -0.1) is 11.3 Å². The fraction of sp³-hybridized carbons (Fsp3) is 0.143. The summed E-state index contributed by atoms with van der Waals surface area (Å²) in [6, 6.07) is 7.89. The highest BCUT2D eigenvalue weighted by Crippen LogP contribution is 2.31. The number of aliphatic hydroxyl groups excluding tert-OH is 1. The third-order valence-electron chi connectivity index (χ3n) is 2.87. The predicted octanol–water partition coefficient (Wildman–Crippen LogP) is 2.90. The monoisotopic (exact) mass is 289 g/mol. The minimum atomic E-state index is -0.527. The molecule has 6 heteroatoms. The number of hydrogen-bond acceptors (Lipinski definition) is 5. The Balaban J connectivity index is 2.07. The number of benzene rings is 1. The third kappa shape index (κ3) is 2.35. The van der Waals surface area contributed by atoms with E-state index in [1.165, 1.54) is 0 Å². The van der Waals surface area contributed by atoms with Crippen LogP contribution in [0.15, 0.2) is 35.8 Å². The Morgan fingerprint density at radius 2 is 2.20 bits per heavy atom. The maximum Gasteiger partial charge on any atom is 0.183 e. The largest absolute Gasteiger partial charge is 0.395 e. The summed E-state index contributed by atoms with van der Waals surface area (Å²) in [5, 5.41) is 14.7. The number of nitrogens with one attached hydrogen (secondary N) is 1. The average molecular weight is 289 g/mol. The third-order valence-corrected chi connectivity index (χ3v) is 3.83. The van der Waals surface area contributed by atoms with Crippen LogP contribution in [0.5, 0.6) is 0 Å². The number of rotatable bonds is 4. The second kappa shape index (κ2) is 5.52. The minimum absolute atomic E-state index is 0.0840. The molecule has 2 heterocycles. The number of halogens is 1. The smallest absolute Gasteiger partial charge is 0.183 e. The van der Waals surface area contributed by atoms with E-state index in [0.29, 0.717) is 5.82 Å². The molecule has 0 amide bonds. The van der Waals surface area contributed by atoms with Crippen molar-refractivity contribution in [1.82, 2.24) is 9.97 Å². The van der Waals surface area contributed by atoms with Gasteiger partial charge >= 0.3 is 0 Å². The van der Waals surface area contributed by atoms with E-state index in [2.05, 4.69) is 15.3 Å². The first-order chi connectivity index (χ1) is 9.79. The first-order valence-corrected chi connectivity index (χ1v) is 7.01. The molecule has 0 bridgehead atoms. The Hall–Kier alpha value is -2.05. The van der Waals surface area contributed by atoms with E-state index in [4.69, 9.17) is 5.11 Å². The van der Waals surface area contributed by atoms with Gasteiger partial charge in [0.05, 0.1) is 12.8 Å². The molecule has 0 fully saturated rings. The molecule has 2 N–H and O–H groups in total. The van der Waals surface area contributed by atoms with Gasteiger partial charge in [0, 0.05) is 16.8 Å². The molecule has 0 aliphatic heterocycles. The van der Waals surface area contributed by atoms with Gasteiger partial charge in [0.25, 0.3) is 0 Å². The van der Waals surface area contributed by atoms with Crippen molar-refractivity contribution in [3.8, 4) is 11.4 Å². The number of hydrogen-bond donors (Lipinski definition) is 2. The van der Waals surface area contributed by atoms with Crippen LogP contribution in [0.1, 0.15) is 0 Å². The van der Waals surface area contributed by atoms with E-state index in [9.17, 15) is 4.39 Å². The number of nitrogens with zero attached hydrogens (tertiary/aromatic N) is 2. The second-order valence-electron chi connectivity index (χ2n) is 4.19. The zero-order chi connectivity index (χ0) is 13.9. The normalized spacial score (nSPS) is 10.9. The molecule has 4 nitrogen and oxygen atoms in total. The molecule has 0 radical (unpaired) electrons. The van der Waals surface area contributed by atoms with Gasteiger partial charge in [-0.05, 0) is 22.9 Å². The van der Waals surface area contributed by atoms with Crippen LogP contribution >= 0.6 is 11.3 Å². The summed E-state index contributed by atoms with van der Waals surface area (Å²) in [6.45, 7) is 0.163. The number of thiophene rings is 1. The molecular weight excluding hydrogens is 277 g/mol. The minimum Gasteiger partial charge on any atom is -0.395 e. The molecule has 1 aromatic carbocycles. The molecular formula is C14H12FN3OS. The molecule has 0 unspecified atom stereocenters. The van der Waals surface area contributed by atoms with Crippen molar-refractivity contribution in [2.75, 3.05) is 18.5 Å². The van der Waals surface area contributed by atoms with Gasteiger partial charge in [-0.1, -0.05) is 12.1 Å². The molecule has 3 rings (SSSR count). The summed E-state index contributed by atoms with van der Waals surface area (Å²) in [5.41, 5.74) is 0.879. The van der Waals surface area contributed by atoms with Gasteiger partial charge in [-0.3, -0.25) is 0 Å². The molecule has 102 valence electrons. The van der Waals surface area contributed by atoms with Crippen LogP contribution < -0.4 is 5.32 Å². The maximum atomic E-state index is 13.6. The lowest BCUT2D eigenvalue weighted by Gasteiger charge is -2.07. The summed E-state index contributed by atoms with van der Waals surface area (Å²) in [6.07, 6.45) is 1.15. The zero-order valence-electron chi connectivity index (χ0n) is 10.5. The Kier molecular flexibility index (Phi) is 3.58. The van der Waals surface area contributed by atoms with Crippen LogP contribution in [-0.4, -0.2) is 28.2 Å².